The second-order valence-corrected chi connectivity index (χ2v) is 4.65. The lowest BCUT2D eigenvalue weighted by Crippen LogP contribution is -1.82. The summed E-state index contributed by atoms with van der Waals surface area (Å²) < 4.78 is 0. The maximum absolute atomic E-state index is 9.13. The first kappa shape index (κ1) is 14.5. The maximum atomic E-state index is 9.13. The van der Waals surface area contributed by atoms with Crippen LogP contribution in [0.5, 0.6) is 0 Å². The molecule has 96 valence electrons. The van der Waals surface area contributed by atoms with Crippen LogP contribution < -0.4 is 0 Å². The molecule has 0 saturated heterocycles. The molecule has 1 nitrogen and oxygen atoms in total. The molecule has 0 aliphatic heterocycles. The van der Waals surface area contributed by atoms with Gasteiger partial charge in [0, 0.05) is 0 Å². The molecule has 0 unspecified atom stereocenters. The second-order valence-electron chi connectivity index (χ2n) is 4.65. The van der Waals surface area contributed by atoms with Crippen LogP contribution in [0.15, 0.2) is 36.4 Å². The van der Waals surface area contributed by atoms with Gasteiger partial charge in [-0.1, -0.05) is 75.4 Å². The van der Waals surface area contributed by atoms with Crippen LogP contribution in [0.4, 0.5) is 0 Å². The smallest absolute Gasteiger partial charge is 0.0994 e. The first-order chi connectivity index (χ1) is 8.88. The molecule has 18 heavy (non-hydrogen) atoms. The topological polar surface area (TPSA) is 23.8 Å². The summed E-state index contributed by atoms with van der Waals surface area (Å²) in [5.74, 6) is 0. The standard InChI is InChI=1S/C17H23N/c1-2-3-4-5-6-7-9-14-17(15-18)16-12-10-8-11-13-16/h8,10-14H,2-7,9H2,1H3/b17-14+. The number of unbranched alkanes of at least 4 members (excludes halogenated alkanes) is 6. The summed E-state index contributed by atoms with van der Waals surface area (Å²) in [4.78, 5) is 0. The molecule has 0 heterocycles. The van der Waals surface area contributed by atoms with Gasteiger partial charge < -0.3 is 0 Å². The highest BCUT2D eigenvalue weighted by molar-refractivity contribution is 5.76. The monoisotopic (exact) mass is 241 g/mol. The van der Waals surface area contributed by atoms with Gasteiger partial charge in [0.2, 0.25) is 0 Å². The minimum atomic E-state index is 0.809. The maximum Gasteiger partial charge on any atom is 0.0994 e. The van der Waals surface area contributed by atoms with E-state index in [9.17, 15) is 0 Å². The lowest BCUT2D eigenvalue weighted by molar-refractivity contribution is 0.611. The molecule has 0 spiro atoms. The Morgan fingerprint density at radius 2 is 1.72 bits per heavy atom. The van der Waals surface area contributed by atoms with E-state index in [1.807, 2.05) is 30.3 Å². The van der Waals surface area contributed by atoms with Gasteiger partial charge >= 0.3 is 0 Å². The molecule has 0 radical (unpaired) electrons. The Morgan fingerprint density at radius 3 is 2.39 bits per heavy atom. The summed E-state index contributed by atoms with van der Waals surface area (Å²) in [6, 6.07) is 12.2. The molecule has 0 bridgehead atoms. The summed E-state index contributed by atoms with van der Waals surface area (Å²) in [6.45, 7) is 2.24. The fourth-order valence-corrected chi connectivity index (χ4v) is 2.02. The number of rotatable bonds is 8. The van der Waals surface area contributed by atoms with Gasteiger partial charge in [-0.15, -0.1) is 0 Å². The van der Waals surface area contributed by atoms with Crippen LogP contribution in [0, 0.1) is 11.3 Å². The van der Waals surface area contributed by atoms with Crippen LogP contribution in [0.25, 0.3) is 5.57 Å². The molecule has 0 aromatic heterocycles. The van der Waals surface area contributed by atoms with Crippen LogP contribution in [-0.2, 0) is 0 Å². The van der Waals surface area contributed by atoms with Crippen molar-refractivity contribution >= 4 is 5.57 Å². The predicted octanol–water partition coefficient (Wildman–Crippen LogP) is 5.34. The predicted molar refractivity (Wildman–Crippen MR) is 78.0 cm³/mol. The van der Waals surface area contributed by atoms with Crippen molar-refractivity contribution < 1.29 is 0 Å². The van der Waals surface area contributed by atoms with Gasteiger partial charge in [-0.2, -0.15) is 5.26 Å². The van der Waals surface area contributed by atoms with Crippen molar-refractivity contribution in [2.75, 3.05) is 0 Å². The first-order valence-electron chi connectivity index (χ1n) is 7.04. The molecule has 0 amide bonds. The quantitative estimate of drug-likeness (QED) is 0.445. The number of benzene rings is 1. The lowest BCUT2D eigenvalue weighted by atomic mass is 10.0. The Morgan fingerprint density at radius 1 is 1.06 bits per heavy atom. The molecule has 1 aromatic rings. The van der Waals surface area contributed by atoms with Crippen LogP contribution in [0.3, 0.4) is 0 Å². The number of allylic oxidation sites excluding steroid dienone is 2. The van der Waals surface area contributed by atoms with Crippen LogP contribution in [0.2, 0.25) is 0 Å². The summed E-state index contributed by atoms with van der Waals surface area (Å²) in [7, 11) is 0. The number of hydrogen-bond acceptors (Lipinski definition) is 1. The van der Waals surface area contributed by atoms with Crippen molar-refractivity contribution in [1.29, 1.82) is 5.26 Å². The average molecular weight is 241 g/mol. The van der Waals surface area contributed by atoms with Crippen molar-refractivity contribution in [3.05, 3.63) is 42.0 Å². The van der Waals surface area contributed by atoms with Crippen molar-refractivity contribution in [1.82, 2.24) is 0 Å². The summed E-state index contributed by atoms with van der Waals surface area (Å²) in [5.41, 5.74) is 1.84. The third-order valence-electron chi connectivity index (χ3n) is 3.11. The van der Waals surface area contributed by atoms with Gasteiger partial charge in [0.15, 0.2) is 0 Å². The van der Waals surface area contributed by atoms with E-state index in [0.717, 1.165) is 17.6 Å². The minimum Gasteiger partial charge on any atom is -0.192 e. The third kappa shape index (κ3) is 5.68. The Kier molecular flexibility index (Phi) is 7.64. The summed E-state index contributed by atoms with van der Waals surface area (Å²) >= 11 is 0. The fourth-order valence-electron chi connectivity index (χ4n) is 2.02. The fraction of sp³-hybridized carbons (Fsp3) is 0.471. The molecular formula is C17H23N. The van der Waals surface area contributed by atoms with Crippen molar-refractivity contribution in [2.24, 2.45) is 0 Å². The molecule has 0 atom stereocenters. The Labute approximate surface area is 111 Å². The molecule has 1 aromatic carbocycles. The third-order valence-corrected chi connectivity index (χ3v) is 3.11. The van der Waals surface area contributed by atoms with Crippen LogP contribution >= 0.6 is 0 Å². The zero-order chi connectivity index (χ0) is 13.1. The van der Waals surface area contributed by atoms with Crippen LogP contribution in [0.1, 0.15) is 57.4 Å². The largest absolute Gasteiger partial charge is 0.192 e. The van der Waals surface area contributed by atoms with Crippen molar-refractivity contribution in [3.63, 3.8) is 0 Å². The Hall–Kier alpha value is -1.55. The van der Waals surface area contributed by atoms with Gasteiger partial charge in [-0.05, 0) is 18.4 Å². The van der Waals surface area contributed by atoms with Gasteiger partial charge in [0.1, 0.15) is 0 Å². The highest BCUT2D eigenvalue weighted by Crippen LogP contribution is 2.15. The highest BCUT2D eigenvalue weighted by Gasteiger charge is 1.98. The number of nitriles is 1. The van der Waals surface area contributed by atoms with E-state index < -0.39 is 0 Å². The van der Waals surface area contributed by atoms with E-state index in [0.29, 0.717) is 0 Å². The molecule has 0 N–H and O–H groups in total. The SMILES string of the molecule is CCCCCCCC/C=C(\C#N)c1ccccc1. The number of nitrogens with zero attached hydrogens (tertiary/aromatic N) is 1. The van der Waals surface area contributed by atoms with Crippen molar-refractivity contribution in [2.45, 2.75) is 51.9 Å². The zero-order valence-electron chi connectivity index (χ0n) is 11.4. The van der Waals surface area contributed by atoms with E-state index >= 15 is 0 Å². The zero-order valence-corrected chi connectivity index (χ0v) is 11.4. The summed E-state index contributed by atoms with van der Waals surface area (Å²) in [5, 5.41) is 9.13. The first-order valence-corrected chi connectivity index (χ1v) is 7.04. The highest BCUT2D eigenvalue weighted by atomic mass is 14.2. The average Bonchev–Trinajstić information content (AvgIpc) is 2.43. The summed E-state index contributed by atoms with van der Waals surface area (Å²) in [6.07, 6.45) is 10.9. The number of hydrogen-bond donors (Lipinski definition) is 0. The van der Waals surface area contributed by atoms with Gasteiger partial charge in [0.25, 0.3) is 0 Å². The lowest BCUT2D eigenvalue weighted by Gasteiger charge is -2.00. The molecule has 0 fully saturated rings. The van der Waals surface area contributed by atoms with Crippen LogP contribution in [-0.4, -0.2) is 0 Å². The molecule has 1 heteroatoms. The second kappa shape index (κ2) is 9.48. The molecular weight excluding hydrogens is 218 g/mol. The van der Waals surface area contributed by atoms with E-state index in [-0.39, 0.29) is 0 Å². The van der Waals surface area contributed by atoms with E-state index in [1.165, 1.54) is 38.5 Å². The molecule has 0 saturated carbocycles. The Bertz CT molecular complexity index is 384. The Balaban J connectivity index is 2.30. The minimum absolute atomic E-state index is 0.809. The molecule has 0 aliphatic rings. The normalized spacial score (nSPS) is 11.2. The molecule has 0 aliphatic carbocycles. The van der Waals surface area contributed by atoms with Gasteiger partial charge in [-0.3, -0.25) is 0 Å². The van der Waals surface area contributed by atoms with Gasteiger partial charge in [0.05, 0.1) is 11.6 Å². The van der Waals surface area contributed by atoms with E-state index in [4.69, 9.17) is 5.26 Å². The molecule has 1 rings (SSSR count). The van der Waals surface area contributed by atoms with E-state index in [1.54, 1.807) is 0 Å². The van der Waals surface area contributed by atoms with Gasteiger partial charge in [-0.25, -0.2) is 0 Å². The van der Waals surface area contributed by atoms with E-state index in [2.05, 4.69) is 19.1 Å². The van der Waals surface area contributed by atoms with Crippen molar-refractivity contribution in [3.8, 4) is 6.07 Å².